The number of morpholine rings is 1. The summed E-state index contributed by atoms with van der Waals surface area (Å²) in [7, 11) is 0. The van der Waals surface area contributed by atoms with Crippen molar-refractivity contribution >= 4 is 29.3 Å². The molecule has 0 radical (unpaired) electrons. The number of carbonyl (C=O) groups is 1. The maximum absolute atomic E-state index is 13.1. The van der Waals surface area contributed by atoms with Crippen LogP contribution >= 0.6 is 11.6 Å². The second-order valence-corrected chi connectivity index (χ2v) is 7.95. The molecule has 2 bridgehead atoms. The van der Waals surface area contributed by atoms with Gasteiger partial charge in [-0.05, 0) is 41.5 Å². The van der Waals surface area contributed by atoms with Crippen LogP contribution in [-0.4, -0.2) is 54.1 Å². The summed E-state index contributed by atoms with van der Waals surface area (Å²) in [6, 6.07) is 11.8. The van der Waals surface area contributed by atoms with Crippen LogP contribution in [0.3, 0.4) is 0 Å². The topological polar surface area (TPSA) is 58.8 Å². The quantitative estimate of drug-likeness (QED) is 0.615. The molecule has 0 aromatic heterocycles. The zero-order chi connectivity index (χ0) is 20.4. The number of piperazine rings is 1. The molecule has 2 aromatic carbocycles. The van der Waals surface area contributed by atoms with E-state index in [9.17, 15) is 9.18 Å². The molecule has 2 saturated heterocycles. The Bertz CT molecular complexity index is 905. The third-order valence-corrected chi connectivity index (χ3v) is 5.61. The molecule has 2 heterocycles. The second kappa shape index (κ2) is 8.53. The number of ether oxygens (including phenoxy) is 1. The molecule has 2 aliphatic rings. The van der Waals surface area contributed by atoms with Gasteiger partial charge >= 0.3 is 0 Å². The number of nitrogens with two attached hydrogens (primary N) is 1. The van der Waals surface area contributed by atoms with E-state index in [2.05, 4.69) is 4.90 Å². The molecule has 5 nitrogen and oxygen atoms in total. The van der Waals surface area contributed by atoms with Crippen LogP contribution in [0.25, 0.3) is 6.08 Å². The van der Waals surface area contributed by atoms with Crippen molar-refractivity contribution in [3.05, 3.63) is 70.5 Å². The van der Waals surface area contributed by atoms with Crippen LogP contribution in [0, 0.1) is 5.82 Å². The highest BCUT2D eigenvalue weighted by Gasteiger charge is 2.39. The molecule has 7 heteroatoms. The van der Waals surface area contributed by atoms with Gasteiger partial charge in [-0.3, -0.25) is 9.69 Å². The number of nitrogens with zero attached hydrogens (tertiary/aromatic N) is 2. The molecule has 2 atom stereocenters. The Morgan fingerprint density at radius 3 is 2.52 bits per heavy atom. The lowest BCUT2D eigenvalue weighted by Crippen LogP contribution is -2.65. The first-order valence-corrected chi connectivity index (χ1v) is 9.97. The Balaban J connectivity index is 1.44. The van der Waals surface area contributed by atoms with Crippen molar-refractivity contribution in [2.75, 3.05) is 32.0 Å². The lowest BCUT2D eigenvalue weighted by molar-refractivity contribution is -0.150. The molecule has 0 aliphatic carbocycles. The third kappa shape index (κ3) is 4.61. The van der Waals surface area contributed by atoms with Crippen molar-refractivity contribution in [1.82, 2.24) is 9.80 Å². The number of hydrogen-bond acceptors (Lipinski definition) is 4. The van der Waals surface area contributed by atoms with E-state index in [1.54, 1.807) is 42.5 Å². The van der Waals surface area contributed by atoms with E-state index >= 15 is 0 Å². The summed E-state index contributed by atoms with van der Waals surface area (Å²) in [4.78, 5) is 17.1. The first kappa shape index (κ1) is 19.9. The lowest BCUT2D eigenvalue weighted by Gasteiger charge is -2.49. The highest BCUT2D eigenvalue weighted by molar-refractivity contribution is 6.30. The smallest absolute Gasteiger partial charge is 0.247 e. The molecule has 2 fully saturated rings. The van der Waals surface area contributed by atoms with Gasteiger partial charge in [-0.25, -0.2) is 4.39 Å². The number of nitrogen functional groups attached to an aromatic ring is 1. The van der Waals surface area contributed by atoms with E-state index in [0.717, 1.165) is 30.8 Å². The van der Waals surface area contributed by atoms with E-state index < -0.39 is 0 Å². The van der Waals surface area contributed by atoms with Crippen LogP contribution in [0.1, 0.15) is 11.1 Å². The molecule has 4 rings (SSSR count). The Hall–Kier alpha value is -2.41. The molecule has 152 valence electrons. The summed E-state index contributed by atoms with van der Waals surface area (Å²) in [6.07, 6.45) is 3.30. The third-order valence-electron chi connectivity index (χ3n) is 5.37. The van der Waals surface area contributed by atoms with E-state index in [1.807, 2.05) is 4.90 Å². The molecule has 2 aromatic rings. The van der Waals surface area contributed by atoms with Gasteiger partial charge in [0.1, 0.15) is 5.82 Å². The molecule has 1 amide bonds. The fourth-order valence-corrected chi connectivity index (χ4v) is 4.21. The van der Waals surface area contributed by atoms with Crippen molar-refractivity contribution in [1.29, 1.82) is 0 Å². The number of anilines is 1. The van der Waals surface area contributed by atoms with Crippen LogP contribution < -0.4 is 5.73 Å². The average molecular weight is 416 g/mol. The molecule has 2 aliphatic heterocycles. The van der Waals surface area contributed by atoms with Gasteiger partial charge in [0, 0.05) is 36.4 Å². The fourth-order valence-electron chi connectivity index (χ4n) is 4.03. The Morgan fingerprint density at radius 2 is 1.86 bits per heavy atom. The van der Waals surface area contributed by atoms with Crippen LogP contribution in [0.4, 0.5) is 10.1 Å². The summed E-state index contributed by atoms with van der Waals surface area (Å²) >= 11 is 5.93. The summed E-state index contributed by atoms with van der Waals surface area (Å²) in [5.74, 6) is -0.276. The fraction of sp³-hybridized carbons (Fsp3) is 0.318. The van der Waals surface area contributed by atoms with Crippen molar-refractivity contribution in [3.63, 3.8) is 0 Å². The van der Waals surface area contributed by atoms with E-state index in [4.69, 9.17) is 22.1 Å². The largest absolute Gasteiger partial charge is 0.398 e. The lowest BCUT2D eigenvalue weighted by atomic mass is 10.0. The predicted molar refractivity (Wildman–Crippen MR) is 112 cm³/mol. The van der Waals surface area contributed by atoms with Crippen LogP contribution in [-0.2, 0) is 16.1 Å². The van der Waals surface area contributed by atoms with Crippen LogP contribution in [0.2, 0.25) is 5.02 Å². The normalized spacial score (nSPS) is 22.2. The molecule has 0 spiro atoms. The zero-order valence-corrected chi connectivity index (χ0v) is 16.7. The minimum absolute atomic E-state index is 0.0114. The number of hydrogen-bond donors (Lipinski definition) is 1. The molecule has 2 unspecified atom stereocenters. The minimum atomic E-state index is -0.234. The monoisotopic (exact) mass is 415 g/mol. The van der Waals surface area contributed by atoms with Gasteiger partial charge in [-0.15, -0.1) is 0 Å². The Morgan fingerprint density at radius 1 is 1.17 bits per heavy atom. The van der Waals surface area contributed by atoms with E-state index in [1.165, 1.54) is 12.1 Å². The van der Waals surface area contributed by atoms with Crippen molar-refractivity contribution in [3.8, 4) is 0 Å². The number of benzene rings is 2. The van der Waals surface area contributed by atoms with Gasteiger partial charge in [0.25, 0.3) is 0 Å². The van der Waals surface area contributed by atoms with Crippen LogP contribution in [0.5, 0.6) is 0 Å². The summed E-state index contributed by atoms with van der Waals surface area (Å²) in [5.41, 5.74) is 8.33. The van der Waals surface area contributed by atoms with Gasteiger partial charge in [-0.2, -0.15) is 0 Å². The standard InChI is InChI=1S/C22H23ClFN3O2/c23-17-5-3-16(21(25)9-17)4-8-22(28)27-19-11-26(12-20(27)14-29-13-19)10-15-1-6-18(24)7-2-15/h1-9,19-20H,10-14,25H2/b8-4+. The highest BCUT2D eigenvalue weighted by atomic mass is 35.5. The van der Waals surface area contributed by atoms with E-state index in [-0.39, 0.29) is 23.8 Å². The van der Waals surface area contributed by atoms with Crippen molar-refractivity contribution < 1.29 is 13.9 Å². The first-order valence-electron chi connectivity index (χ1n) is 9.59. The maximum Gasteiger partial charge on any atom is 0.247 e. The summed E-state index contributed by atoms with van der Waals surface area (Å²) < 4.78 is 18.8. The number of amides is 1. The SMILES string of the molecule is Nc1cc(Cl)ccc1/C=C/C(=O)N1C2COCC1CN(Cc1ccc(F)cc1)C2. The van der Waals surface area contributed by atoms with Gasteiger partial charge in [-0.1, -0.05) is 29.8 Å². The predicted octanol–water partition coefficient (Wildman–Crippen LogP) is 3.19. The molecule has 0 saturated carbocycles. The zero-order valence-electron chi connectivity index (χ0n) is 15.9. The Labute approximate surface area is 174 Å². The number of fused-ring (bicyclic) bond motifs is 2. The molecular formula is C22H23ClFN3O2. The first-order chi connectivity index (χ1) is 14.0. The number of halogens is 2. The minimum Gasteiger partial charge on any atom is -0.398 e. The van der Waals surface area contributed by atoms with Gasteiger partial charge in [0.15, 0.2) is 0 Å². The van der Waals surface area contributed by atoms with Gasteiger partial charge in [0.2, 0.25) is 5.91 Å². The highest BCUT2D eigenvalue weighted by Crippen LogP contribution is 2.24. The average Bonchev–Trinajstić information content (AvgIpc) is 2.68. The van der Waals surface area contributed by atoms with Crippen molar-refractivity contribution in [2.45, 2.75) is 18.6 Å². The van der Waals surface area contributed by atoms with Gasteiger partial charge < -0.3 is 15.4 Å². The molecular weight excluding hydrogens is 393 g/mol. The number of rotatable bonds is 4. The molecule has 29 heavy (non-hydrogen) atoms. The second-order valence-electron chi connectivity index (χ2n) is 7.52. The maximum atomic E-state index is 13.1. The summed E-state index contributed by atoms with van der Waals surface area (Å²) in [5, 5.41) is 0.565. The molecule has 2 N–H and O–H groups in total. The van der Waals surface area contributed by atoms with Gasteiger partial charge in [0.05, 0.1) is 25.3 Å². The Kier molecular flexibility index (Phi) is 5.85. The summed E-state index contributed by atoms with van der Waals surface area (Å²) in [6.45, 7) is 3.19. The van der Waals surface area contributed by atoms with E-state index in [0.29, 0.717) is 23.9 Å². The number of carbonyl (C=O) groups excluding carboxylic acids is 1. The van der Waals surface area contributed by atoms with Crippen molar-refractivity contribution in [2.24, 2.45) is 0 Å². The van der Waals surface area contributed by atoms with Crippen LogP contribution in [0.15, 0.2) is 48.5 Å².